The second-order valence-corrected chi connectivity index (χ2v) is 1.66. The van der Waals surface area contributed by atoms with E-state index in [0.29, 0.717) is 0 Å². The maximum atomic E-state index is 10.6. The van der Waals surface area contributed by atoms with Gasteiger partial charge >= 0.3 is 22.6 Å². The van der Waals surface area contributed by atoms with Crippen molar-refractivity contribution in [1.82, 2.24) is 0 Å². The molecule has 0 rings (SSSR count). The normalized spacial score (nSPS) is 10.3. The summed E-state index contributed by atoms with van der Waals surface area (Å²) in [6.45, 7) is 0. The van der Waals surface area contributed by atoms with Gasteiger partial charge in [0, 0.05) is 0 Å². The van der Waals surface area contributed by atoms with Gasteiger partial charge in [0.05, 0.1) is 0 Å². The van der Waals surface area contributed by atoms with Crippen LogP contribution in [0, 0.1) is 0 Å². The van der Waals surface area contributed by atoms with E-state index in [1.807, 2.05) is 0 Å². The van der Waals surface area contributed by atoms with Crippen molar-refractivity contribution in [2.75, 3.05) is 0 Å². The zero-order valence-corrected chi connectivity index (χ0v) is 5.33. The van der Waals surface area contributed by atoms with E-state index in [2.05, 4.69) is 11.7 Å². The van der Waals surface area contributed by atoms with Crippen molar-refractivity contribution >= 4 is 22.5 Å². The Bertz CT molecular complexity index is 42.7. The van der Waals surface area contributed by atoms with E-state index >= 15 is 0 Å². The molecule has 0 spiro atoms. The summed E-state index contributed by atoms with van der Waals surface area (Å²) < 4.78 is 31.9. The number of halogens is 3. The van der Waals surface area contributed by atoms with E-state index in [1.54, 1.807) is 0 Å². The van der Waals surface area contributed by atoms with Gasteiger partial charge in [0.25, 0.3) is 0 Å². The predicted octanol–water partition coefficient (Wildman–Crippen LogP) is 1.70. The summed E-state index contributed by atoms with van der Waals surface area (Å²) in [4.78, 5) is 0. The second kappa shape index (κ2) is 3.95. The molecule has 0 saturated heterocycles. The minimum absolute atomic E-state index is 0. The Hall–Kier alpha value is 1.01. The molecule has 0 bridgehead atoms. The van der Waals surface area contributed by atoms with Crippen molar-refractivity contribution in [2.24, 2.45) is 0 Å². The van der Waals surface area contributed by atoms with Crippen LogP contribution >= 0.6 is 10.8 Å². The van der Waals surface area contributed by atoms with Crippen LogP contribution in [0.1, 0.15) is 0 Å². The molecule has 0 nitrogen and oxygen atoms in total. The van der Waals surface area contributed by atoms with Gasteiger partial charge in [-0.15, -0.1) is 0 Å². The van der Waals surface area contributed by atoms with Crippen LogP contribution in [0.5, 0.6) is 0 Å². The van der Waals surface area contributed by atoms with Gasteiger partial charge in [0.2, 0.25) is 0 Å². The number of hydrogen-bond acceptors (Lipinski definition) is 2. The van der Waals surface area contributed by atoms with Crippen LogP contribution in [-0.2, 0) is 28.7 Å². The van der Waals surface area contributed by atoms with Gasteiger partial charge in [-0.1, -0.05) is 0 Å². The summed E-state index contributed by atoms with van der Waals surface area (Å²) in [7, 11) is -0.535. The zero-order chi connectivity index (χ0) is 5.21. The molecule has 0 aromatic rings. The third-order valence-electron chi connectivity index (χ3n) is 0.0945. The summed E-state index contributed by atoms with van der Waals surface area (Å²) >= 11 is 3.58. The smallest absolute Gasteiger partial charge is 0.711 e. The van der Waals surface area contributed by atoms with Crippen LogP contribution in [-0.4, -0.2) is 5.51 Å². The van der Waals surface area contributed by atoms with E-state index in [-0.39, 0.29) is 17.1 Å². The third-order valence-corrected chi connectivity index (χ3v) is 0.850. The molecular formula is CCuF3S2. The maximum absolute atomic E-state index is 10.6. The quantitative estimate of drug-likeness (QED) is 0.329. The van der Waals surface area contributed by atoms with Gasteiger partial charge in [-0.05, 0) is 0 Å². The molecule has 0 atom stereocenters. The molecule has 0 aromatic carbocycles. The van der Waals surface area contributed by atoms with E-state index in [1.165, 1.54) is 0 Å². The maximum Gasteiger partial charge on any atom is 1.00 e. The Morgan fingerprint density at radius 1 is 1.29 bits per heavy atom. The summed E-state index contributed by atoms with van der Waals surface area (Å²) in [5.41, 5.74) is -4.23. The fourth-order valence-electron chi connectivity index (χ4n) is 0. The molecule has 0 N–H and O–H groups in total. The average molecular weight is 197 g/mol. The summed E-state index contributed by atoms with van der Waals surface area (Å²) in [5, 5.41) is 0. The van der Waals surface area contributed by atoms with Crippen molar-refractivity contribution in [1.29, 1.82) is 0 Å². The van der Waals surface area contributed by atoms with Gasteiger partial charge in [-0.3, -0.25) is 0 Å². The third kappa shape index (κ3) is 10.9. The van der Waals surface area contributed by atoms with Gasteiger partial charge in [0.1, 0.15) is 0 Å². The molecule has 48 valence electrons. The molecule has 0 heterocycles. The van der Waals surface area contributed by atoms with Crippen molar-refractivity contribution in [3.63, 3.8) is 0 Å². The van der Waals surface area contributed by atoms with E-state index < -0.39 is 16.3 Å². The Morgan fingerprint density at radius 3 is 1.43 bits per heavy atom. The first-order valence-corrected chi connectivity index (χ1v) is 2.68. The number of rotatable bonds is 0. The molecule has 0 aromatic heterocycles. The standard InChI is InChI=1S/CHF3S2.Cu/c2-1(3,4)6-5;/h5H;/q;+1/p-1. The van der Waals surface area contributed by atoms with Crippen molar-refractivity contribution < 1.29 is 30.2 Å². The van der Waals surface area contributed by atoms with Gasteiger partial charge < -0.3 is 11.7 Å². The molecule has 0 aliphatic rings. The first-order valence-electron chi connectivity index (χ1n) is 0.938. The second-order valence-electron chi connectivity index (χ2n) is 0.529. The molecule has 0 saturated carbocycles. The predicted molar refractivity (Wildman–Crippen MR) is 21.0 cm³/mol. The first-order chi connectivity index (χ1) is 2.56. The fourth-order valence-corrected chi connectivity index (χ4v) is 0. The summed E-state index contributed by atoms with van der Waals surface area (Å²) in [6, 6.07) is 0. The molecule has 6 heteroatoms. The van der Waals surface area contributed by atoms with E-state index in [4.69, 9.17) is 0 Å². The van der Waals surface area contributed by atoms with E-state index in [0.717, 1.165) is 0 Å². The Labute approximate surface area is 58.5 Å². The molecule has 7 heavy (non-hydrogen) atoms. The summed E-state index contributed by atoms with van der Waals surface area (Å²) in [6.07, 6.45) is 0. The van der Waals surface area contributed by atoms with Crippen LogP contribution in [0.2, 0.25) is 0 Å². The Balaban J connectivity index is 0. The minimum Gasteiger partial charge on any atom is -0.711 e. The largest absolute Gasteiger partial charge is 1.00 e. The topological polar surface area (TPSA) is 0 Å². The first kappa shape index (κ1) is 10.9. The molecule has 0 radical (unpaired) electrons. The molecular weight excluding hydrogens is 197 g/mol. The molecule has 0 aliphatic carbocycles. The summed E-state index contributed by atoms with van der Waals surface area (Å²) in [5.74, 6) is 0. The fraction of sp³-hybridized carbons (Fsp3) is 1.00. The molecule has 0 fully saturated rings. The number of hydrogen-bond donors (Lipinski definition) is 0. The molecule has 0 unspecified atom stereocenters. The van der Waals surface area contributed by atoms with Crippen molar-refractivity contribution in [3.8, 4) is 0 Å². The Kier molecular flexibility index (Phi) is 6.14. The van der Waals surface area contributed by atoms with Gasteiger partial charge in [0.15, 0.2) is 0 Å². The minimum atomic E-state index is -4.23. The van der Waals surface area contributed by atoms with Gasteiger partial charge in [-0.25, -0.2) is 10.8 Å². The average Bonchev–Trinajstić information content (AvgIpc) is 1.35. The van der Waals surface area contributed by atoms with Crippen LogP contribution in [0.25, 0.3) is 0 Å². The Morgan fingerprint density at radius 2 is 1.43 bits per heavy atom. The molecule has 0 aliphatic heterocycles. The van der Waals surface area contributed by atoms with Crippen molar-refractivity contribution in [2.45, 2.75) is 5.51 Å². The van der Waals surface area contributed by atoms with Gasteiger partial charge in [-0.2, -0.15) is 13.2 Å². The SMILES string of the molecule is FC(F)(F)S[S-].[Cu+]. The van der Waals surface area contributed by atoms with Crippen molar-refractivity contribution in [3.05, 3.63) is 0 Å². The van der Waals surface area contributed by atoms with Crippen LogP contribution in [0.3, 0.4) is 0 Å². The van der Waals surface area contributed by atoms with Crippen LogP contribution < -0.4 is 0 Å². The number of alkyl halides is 3. The monoisotopic (exact) mass is 196 g/mol. The van der Waals surface area contributed by atoms with E-state index in [9.17, 15) is 13.2 Å². The van der Waals surface area contributed by atoms with Crippen LogP contribution in [0.4, 0.5) is 13.2 Å². The zero-order valence-electron chi connectivity index (χ0n) is 2.75. The van der Waals surface area contributed by atoms with Crippen LogP contribution in [0.15, 0.2) is 0 Å². The molecule has 0 amide bonds.